The quantitative estimate of drug-likeness (QED) is 0.781. The van der Waals surface area contributed by atoms with E-state index in [1.165, 1.54) is 19.3 Å². The zero-order valence-corrected chi connectivity index (χ0v) is 11.5. The Labute approximate surface area is 109 Å². The van der Waals surface area contributed by atoms with Crippen LogP contribution in [0.4, 0.5) is 0 Å². The molecule has 3 rings (SSSR count). The van der Waals surface area contributed by atoms with Crippen LogP contribution < -0.4 is 10.0 Å². The summed E-state index contributed by atoms with van der Waals surface area (Å²) < 4.78 is 26.5. The van der Waals surface area contributed by atoms with Crippen LogP contribution in [-0.4, -0.2) is 33.3 Å². The van der Waals surface area contributed by atoms with Crippen molar-refractivity contribution in [2.45, 2.75) is 31.7 Å². The maximum absolute atomic E-state index is 11.8. The van der Waals surface area contributed by atoms with Gasteiger partial charge in [-0.2, -0.15) is 0 Å². The summed E-state index contributed by atoms with van der Waals surface area (Å²) in [6.45, 7) is 1.97. The Hall–Kier alpha value is 0.160. The minimum Gasteiger partial charge on any atom is -0.316 e. The third-order valence-electron chi connectivity index (χ3n) is 4.43. The van der Waals surface area contributed by atoms with Crippen molar-refractivity contribution < 1.29 is 8.42 Å². The number of halogens is 1. The van der Waals surface area contributed by atoms with Crippen molar-refractivity contribution in [3.63, 3.8) is 0 Å². The molecular formula is C11H21ClN2O2S. The fourth-order valence-corrected chi connectivity index (χ4v) is 4.49. The highest BCUT2D eigenvalue weighted by molar-refractivity contribution is 7.89. The fraction of sp³-hybridized carbons (Fsp3) is 1.00. The number of hydrogen-bond donors (Lipinski definition) is 2. The molecule has 0 aromatic rings. The normalized spacial score (nSPS) is 35.9. The molecule has 2 atom stereocenters. The van der Waals surface area contributed by atoms with Crippen LogP contribution in [0.1, 0.15) is 25.7 Å². The van der Waals surface area contributed by atoms with Gasteiger partial charge in [0, 0.05) is 6.04 Å². The molecule has 2 unspecified atom stereocenters. The summed E-state index contributed by atoms with van der Waals surface area (Å²) in [5.41, 5.74) is 0. The van der Waals surface area contributed by atoms with Gasteiger partial charge in [-0.3, -0.25) is 0 Å². The van der Waals surface area contributed by atoms with Crippen molar-refractivity contribution in [2.75, 3.05) is 18.8 Å². The molecule has 3 aliphatic rings. The van der Waals surface area contributed by atoms with Crippen LogP contribution in [-0.2, 0) is 10.0 Å². The lowest BCUT2D eigenvalue weighted by atomic mass is 9.84. The van der Waals surface area contributed by atoms with Gasteiger partial charge in [-0.1, -0.05) is 19.3 Å². The molecule has 17 heavy (non-hydrogen) atoms. The van der Waals surface area contributed by atoms with Gasteiger partial charge in [0.15, 0.2) is 0 Å². The van der Waals surface area contributed by atoms with Gasteiger partial charge in [0.2, 0.25) is 10.0 Å². The van der Waals surface area contributed by atoms with Crippen molar-refractivity contribution >= 4 is 22.4 Å². The van der Waals surface area contributed by atoms with Gasteiger partial charge < -0.3 is 5.32 Å². The van der Waals surface area contributed by atoms with Crippen LogP contribution in [0.5, 0.6) is 0 Å². The maximum atomic E-state index is 11.8. The summed E-state index contributed by atoms with van der Waals surface area (Å²) in [6.07, 6.45) is 4.61. The van der Waals surface area contributed by atoms with Crippen molar-refractivity contribution in [1.82, 2.24) is 10.0 Å². The molecule has 0 radical (unpaired) electrons. The molecule has 0 aromatic carbocycles. The SMILES string of the molecule is Cl.O=S(=O)(CCC1CCC1)NC1C2CNCC21. The number of rotatable bonds is 5. The third kappa shape index (κ3) is 2.95. The van der Waals surface area contributed by atoms with Crippen LogP contribution in [0.15, 0.2) is 0 Å². The minimum absolute atomic E-state index is 0. The number of sulfonamides is 1. The van der Waals surface area contributed by atoms with E-state index in [9.17, 15) is 8.42 Å². The second-order valence-electron chi connectivity index (χ2n) is 5.53. The summed E-state index contributed by atoms with van der Waals surface area (Å²) in [7, 11) is -3.01. The Balaban J connectivity index is 0.00000108. The maximum Gasteiger partial charge on any atom is 0.211 e. The van der Waals surface area contributed by atoms with E-state index >= 15 is 0 Å². The Kier molecular flexibility index (Phi) is 4.02. The minimum atomic E-state index is -3.01. The Morgan fingerprint density at radius 1 is 1.18 bits per heavy atom. The van der Waals surface area contributed by atoms with Crippen LogP contribution in [0.3, 0.4) is 0 Å². The van der Waals surface area contributed by atoms with E-state index in [4.69, 9.17) is 0 Å². The van der Waals surface area contributed by atoms with E-state index in [-0.39, 0.29) is 18.4 Å². The van der Waals surface area contributed by atoms with Crippen LogP contribution >= 0.6 is 12.4 Å². The first kappa shape index (κ1) is 13.6. The highest BCUT2D eigenvalue weighted by Crippen LogP contribution is 2.42. The second kappa shape index (κ2) is 5.03. The standard InChI is InChI=1S/C11H20N2O2S.ClH/c14-16(15,5-4-8-2-1-3-8)13-11-9-6-12-7-10(9)11;/h8-13H,1-7H2;1H. The third-order valence-corrected chi connectivity index (χ3v) is 5.83. The summed E-state index contributed by atoms with van der Waals surface area (Å²) in [5.74, 6) is 2.15. The fourth-order valence-electron chi connectivity index (χ4n) is 2.96. The molecule has 0 bridgehead atoms. The Bertz CT molecular complexity index is 360. The molecule has 2 saturated carbocycles. The molecule has 2 N–H and O–H groups in total. The van der Waals surface area contributed by atoms with Gasteiger partial charge in [-0.15, -0.1) is 12.4 Å². The molecule has 1 heterocycles. The van der Waals surface area contributed by atoms with E-state index in [0.29, 0.717) is 23.5 Å². The molecule has 100 valence electrons. The van der Waals surface area contributed by atoms with E-state index in [1.807, 2.05) is 0 Å². The van der Waals surface area contributed by atoms with Crippen molar-refractivity contribution in [3.8, 4) is 0 Å². The molecular weight excluding hydrogens is 260 g/mol. The Morgan fingerprint density at radius 3 is 2.35 bits per heavy atom. The van der Waals surface area contributed by atoms with E-state index in [1.54, 1.807) is 0 Å². The van der Waals surface area contributed by atoms with Crippen LogP contribution in [0.25, 0.3) is 0 Å². The average molecular weight is 281 g/mol. The average Bonchev–Trinajstić information content (AvgIpc) is 2.59. The van der Waals surface area contributed by atoms with E-state index in [0.717, 1.165) is 19.5 Å². The summed E-state index contributed by atoms with van der Waals surface area (Å²) in [6, 6.07) is 0.243. The monoisotopic (exact) mass is 280 g/mol. The second-order valence-corrected chi connectivity index (χ2v) is 7.41. The molecule has 0 amide bonds. The molecule has 0 spiro atoms. The van der Waals surface area contributed by atoms with Gasteiger partial charge in [0.1, 0.15) is 0 Å². The highest BCUT2D eigenvalue weighted by Gasteiger charge is 2.54. The summed E-state index contributed by atoms with van der Waals surface area (Å²) in [5, 5.41) is 3.27. The number of piperidine rings is 1. The zero-order valence-electron chi connectivity index (χ0n) is 9.89. The van der Waals surface area contributed by atoms with Gasteiger partial charge >= 0.3 is 0 Å². The molecule has 1 saturated heterocycles. The first-order valence-corrected chi connectivity index (χ1v) is 8.02. The van der Waals surface area contributed by atoms with Gasteiger partial charge in [0.05, 0.1) is 5.75 Å². The summed E-state index contributed by atoms with van der Waals surface area (Å²) >= 11 is 0. The zero-order chi connectivity index (χ0) is 11.2. The van der Waals surface area contributed by atoms with Crippen LogP contribution in [0, 0.1) is 17.8 Å². The van der Waals surface area contributed by atoms with Gasteiger partial charge in [-0.25, -0.2) is 13.1 Å². The largest absolute Gasteiger partial charge is 0.316 e. The van der Waals surface area contributed by atoms with Crippen molar-refractivity contribution in [3.05, 3.63) is 0 Å². The number of hydrogen-bond acceptors (Lipinski definition) is 3. The number of nitrogens with one attached hydrogen (secondary N) is 2. The van der Waals surface area contributed by atoms with Gasteiger partial charge in [-0.05, 0) is 37.3 Å². The molecule has 4 nitrogen and oxygen atoms in total. The van der Waals surface area contributed by atoms with E-state index < -0.39 is 10.0 Å². The molecule has 3 fully saturated rings. The lowest BCUT2D eigenvalue weighted by Gasteiger charge is -2.25. The lowest BCUT2D eigenvalue weighted by molar-refractivity contribution is 0.307. The lowest BCUT2D eigenvalue weighted by Crippen LogP contribution is -2.34. The molecule has 2 aliphatic carbocycles. The molecule has 6 heteroatoms. The predicted octanol–water partition coefficient (Wildman–Crippen LogP) is 0.736. The van der Waals surface area contributed by atoms with Gasteiger partial charge in [0.25, 0.3) is 0 Å². The first-order valence-electron chi connectivity index (χ1n) is 6.36. The highest BCUT2D eigenvalue weighted by atomic mass is 35.5. The summed E-state index contributed by atoms with van der Waals surface area (Å²) in [4.78, 5) is 0. The molecule has 1 aliphatic heterocycles. The number of fused-ring (bicyclic) bond motifs is 1. The predicted molar refractivity (Wildman–Crippen MR) is 69.8 cm³/mol. The molecule has 0 aromatic heterocycles. The van der Waals surface area contributed by atoms with Crippen LogP contribution in [0.2, 0.25) is 0 Å². The van der Waals surface area contributed by atoms with E-state index in [2.05, 4.69) is 10.0 Å². The Morgan fingerprint density at radius 2 is 1.82 bits per heavy atom. The van der Waals surface area contributed by atoms with Crippen molar-refractivity contribution in [1.29, 1.82) is 0 Å². The smallest absolute Gasteiger partial charge is 0.211 e. The first-order chi connectivity index (χ1) is 7.66. The topological polar surface area (TPSA) is 58.2 Å². The van der Waals surface area contributed by atoms with Crippen molar-refractivity contribution in [2.24, 2.45) is 17.8 Å².